The average molecular weight is 473 g/mol. The van der Waals surface area contributed by atoms with Crippen LogP contribution in [0.5, 0.6) is 11.5 Å². The SMILES string of the molecule is CCOc1cc(C=Nn2c(=O)[nH]c3ccccc3c2=O)ccc1OCC(=O)Nc1ccc(C)cc1. The molecule has 1 heterocycles. The summed E-state index contributed by atoms with van der Waals surface area (Å²) in [5, 5.41) is 7.19. The third kappa shape index (κ3) is 5.64. The van der Waals surface area contributed by atoms with Crippen LogP contribution in [0.15, 0.2) is 81.4 Å². The second-order valence-corrected chi connectivity index (χ2v) is 7.68. The second-order valence-electron chi connectivity index (χ2n) is 7.68. The summed E-state index contributed by atoms with van der Waals surface area (Å²) >= 11 is 0. The molecule has 35 heavy (non-hydrogen) atoms. The van der Waals surface area contributed by atoms with Crippen LogP contribution in [0.1, 0.15) is 18.1 Å². The Balaban J connectivity index is 1.50. The van der Waals surface area contributed by atoms with Gasteiger partial charge >= 0.3 is 5.69 Å². The second kappa shape index (κ2) is 10.5. The number of nitrogens with one attached hydrogen (secondary N) is 2. The third-order valence-electron chi connectivity index (χ3n) is 5.07. The number of amides is 1. The molecule has 9 heteroatoms. The highest BCUT2D eigenvalue weighted by Gasteiger charge is 2.10. The summed E-state index contributed by atoms with van der Waals surface area (Å²) in [7, 11) is 0. The number of aromatic amines is 1. The molecule has 0 saturated carbocycles. The van der Waals surface area contributed by atoms with Crippen molar-refractivity contribution in [2.45, 2.75) is 13.8 Å². The Kier molecular flexibility index (Phi) is 7.06. The van der Waals surface area contributed by atoms with Gasteiger partial charge in [0.1, 0.15) is 0 Å². The van der Waals surface area contributed by atoms with E-state index in [1.807, 2.05) is 38.1 Å². The number of fused-ring (bicyclic) bond motifs is 1. The fourth-order valence-corrected chi connectivity index (χ4v) is 3.35. The predicted molar refractivity (Wildman–Crippen MR) is 135 cm³/mol. The number of carbonyl (C=O) groups is 1. The average Bonchev–Trinajstić information content (AvgIpc) is 2.85. The van der Waals surface area contributed by atoms with Crippen molar-refractivity contribution >= 4 is 28.7 Å². The van der Waals surface area contributed by atoms with Crippen LogP contribution in [0.25, 0.3) is 10.9 Å². The monoisotopic (exact) mass is 472 g/mol. The van der Waals surface area contributed by atoms with Crippen LogP contribution in [0.3, 0.4) is 0 Å². The molecule has 0 aliphatic heterocycles. The van der Waals surface area contributed by atoms with E-state index < -0.39 is 11.2 Å². The zero-order valence-electron chi connectivity index (χ0n) is 19.3. The van der Waals surface area contributed by atoms with E-state index in [0.29, 0.717) is 40.3 Å². The maximum absolute atomic E-state index is 12.6. The maximum atomic E-state index is 12.6. The fraction of sp³-hybridized carbons (Fsp3) is 0.154. The number of aryl methyl sites for hydroxylation is 1. The Morgan fingerprint density at radius 2 is 1.80 bits per heavy atom. The summed E-state index contributed by atoms with van der Waals surface area (Å²) < 4.78 is 12.1. The number of ether oxygens (including phenoxy) is 2. The molecule has 0 bridgehead atoms. The number of hydrogen-bond donors (Lipinski definition) is 2. The van der Waals surface area contributed by atoms with E-state index in [1.54, 1.807) is 42.5 Å². The predicted octanol–water partition coefficient (Wildman–Crippen LogP) is 3.30. The smallest absolute Gasteiger partial charge is 0.349 e. The summed E-state index contributed by atoms with van der Waals surface area (Å²) in [4.78, 5) is 39.8. The van der Waals surface area contributed by atoms with Crippen molar-refractivity contribution in [3.8, 4) is 11.5 Å². The van der Waals surface area contributed by atoms with Gasteiger partial charge in [-0.2, -0.15) is 5.10 Å². The van der Waals surface area contributed by atoms with E-state index in [0.717, 1.165) is 10.2 Å². The van der Waals surface area contributed by atoms with Crippen LogP contribution in [0.4, 0.5) is 5.69 Å². The van der Waals surface area contributed by atoms with Gasteiger partial charge in [0, 0.05) is 5.69 Å². The zero-order valence-corrected chi connectivity index (χ0v) is 19.3. The van der Waals surface area contributed by atoms with Crippen molar-refractivity contribution < 1.29 is 14.3 Å². The summed E-state index contributed by atoms with van der Waals surface area (Å²) in [6.45, 7) is 3.96. The van der Waals surface area contributed by atoms with Crippen LogP contribution >= 0.6 is 0 Å². The van der Waals surface area contributed by atoms with Gasteiger partial charge in [0.2, 0.25) is 0 Å². The first-order valence-electron chi connectivity index (χ1n) is 11.0. The van der Waals surface area contributed by atoms with Gasteiger partial charge in [-0.15, -0.1) is 4.68 Å². The van der Waals surface area contributed by atoms with E-state index in [2.05, 4.69) is 15.4 Å². The molecule has 0 saturated heterocycles. The van der Waals surface area contributed by atoms with Gasteiger partial charge in [-0.05, 0) is 61.9 Å². The van der Waals surface area contributed by atoms with Crippen molar-refractivity contribution in [3.05, 3.63) is 98.7 Å². The number of benzene rings is 3. The van der Waals surface area contributed by atoms with Gasteiger partial charge in [0.25, 0.3) is 11.5 Å². The van der Waals surface area contributed by atoms with Crippen molar-refractivity contribution in [1.29, 1.82) is 0 Å². The van der Waals surface area contributed by atoms with Crippen molar-refractivity contribution in [1.82, 2.24) is 9.66 Å². The molecule has 0 aliphatic carbocycles. The largest absolute Gasteiger partial charge is 0.490 e. The molecule has 1 aromatic heterocycles. The van der Waals surface area contributed by atoms with Gasteiger partial charge in [-0.1, -0.05) is 29.8 Å². The minimum Gasteiger partial charge on any atom is -0.490 e. The van der Waals surface area contributed by atoms with E-state index in [-0.39, 0.29) is 12.5 Å². The molecule has 0 unspecified atom stereocenters. The van der Waals surface area contributed by atoms with Gasteiger partial charge < -0.3 is 19.8 Å². The lowest BCUT2D eigenvalue weighted by molar-refractivity contribution is -0.118. The minimum atomic E-state index is -0.644. The summed E-state index contributed by atoms with van der Waals surface area (Å²) in [6, 6.07) is 19.1. The first-order valence-corrected chi connectivity index (χ1v) is 11.0. The Morgan fingerprint density at radius 3 is 2.57 bits per heavy atom. The molecule has 0 fully saturated rings. The Labute approximate surface area is 200 Å². The maximum Gasteiger partial charge on any atom is 0.349 e. The standard InChI is InChI=1S/C26H24N4O5/c1-3-34-23-14-18(15-27-30-25(32)20-6-4-5-7-21(20)29-26(30)33)10-13-22(23)35-16-24(31)28-19-11-8-17(2)9-12-19/h4-15H,3,16H2,1-2H3,(H,28,31)(H,29,33). The molecule has 178 valence electrons. The summed E-state index contributed by atoms with van der Waals surface area (Å²) in [6.07, 6.45) is 1.38. The number of hydrogen-bond acceptors (Lipinski definition) is 6. The quantitative estimate of drug-likeness (QED) is 0.382. The van der Waals surface area contributed by atoms with Crippen LogP contribution in [-0.4, -0.2) is 35.0 Å². The van der Waals surface area contributed by atoms with Gasteiger partial charge in [0.05, 0.1) is 23.7 Å². The van der Waals surface area contributed by atoms with E-state index in [4.69, 9.17) is 9.47 Å². The van der Waals surface area contributed by atoms with Crippen molar-refractivity contribution in [3.63, 3.8) is 0 Å². The number of anilines is 1. The third-order valence-corrected chi connectivity index (χ3v) is 5.07. The van der Waals surface area contributed by atoms with Gasteiger partial charge in [-0.25, -0.2) is 4.79 Å². The molecule has 1 amide bonds. The minimum absolute atomic E-state index is 0.205. The van der Waals surface area contributed by atoms with E-state index >= 15 is 0 Å². The Bertz CT molecular complexity index is 1500. The van der Waals surface area contributed by atoms with Crippen LogP contribution in [0.2, 0.25) is 0 Å². The molecule has 3 aromatic carbocycles. The summed E-state index contributed by atoms with van der Waals surface area (Å²) in [5.41, 5.74) is 1.63. The molecular formula is C26H24N4O5. The molecule has 9 nitrogen and oxygen atoms in total. The number of rotatable bonds is 8. The fourth-order valence-electron chi connectivity index (χ4n) is 3.35. The van der Waals surface area contributed by atoms with Gasteiger partial charge in [0.15, 0.2) is 18.1 Å². The first-order chi connectivity index (χ1) is 16.9. The zero-order chi connectivity index (χ0) is 24.8. The Morgan fingerprint density at radius 1 is 1.03 bits per heavy atom. The number of H-pyrrole nitrogens is 1. The molecule has 0 atom stereocenters. The van der Waals surface area contributed by atoms with Crippen LogP contribution in [-0.2, 0) is 4.79 Å². The molecule has 4 rings (SSSR count). The lowest BCUT2D eigenvalue weighted by Gasteiger charge is -2.12. The lowest BCUT2D eigenvalue weighted by Crippen LogP contribution is -2.32. The normalized spacial score (nSPS) is 11.0. The van der Waals surface area contributed by atoms with Crippen molar-refractivity contribution in [2.75, 3.05) is 18.5 Å². The first kappa shape index (κ1) is 23.5. The van der Waals surface area contributed by atoms with Gasteiger partial charge in [-0.3, -0.25) is 9.59 Å². The number of para-hydroxylation sites is 1. The molecule has 0 aliphatic rings. The van der Waals surface area contributed by atoms with E-state index in [9.17, 15) is 14.4 Å². The Hall–Kier alpha value is -4.66. The molecular weight excluding hydrogens is 448 g/mol. The highest BCUT2D eigenvalue weighted by atomic mass is 16.5. The molecule has 2 N–H and O–H groups in total. The number of nitrogens with zero attached hydrogens (tertiary/aromatic N) is 2. The van der Waals surface area contributed by atoms with E-state index in [1.165, 1.54) is 6.21 Å². The molecule has 0 radical (unpaired) electrons. The van der Waals surface area contributed by atoms with Crippen LogP contribution in [0, 0.1) is 6.92 Å². The number of aromatic nitrogens is 2. The topological polar surface area (TPSA) is 115 Å². The molecule has 4 aromatic rings. The number of carbonyl (C=O) groups excluding carboxylic acids is 1. The lowest BCUT2D eigenvalue weighted by atomic mass is 10.2. The summed E-state index contributed by atoms with van der Waals surface area (Å²) in [5.74, 6) is 0.472. The highest BCUT2D eigenvalue weighted by molar-refractivity contribution is 5.92. The van der Waals surface area contributed by atoms with Crippen molar-refractivity contribution in [2.24, 2.45) is 5.10 Å². The molecule has 0 spiro atoms. The highest BCUT2D eigenvalue weighted by Crippen LogP contribution is 2.28. The van der Waals surface area contributed by atoms with Crippen LogP contribution < -0.4 is 26.0 Å².